The maximum atomic E-state index is 14.9. The molecule has 0 aromatic carbocycles. The van der Waals surface area contributed by atoms with Crippen molar-refractivity contribution in [1.82, 2.24) is 0 Å². The van der Waals surface area contributed by atoms with Crippen molar-refractivity contribution in [2.75, 3.05) is 26.4 Å². The summed E-state index contributed by atoms with van der Waals surface area (Å²) in [6.07, 6.45) is 30.4. The van der Waals surface area contributed by atoms with Crippen LogP contribution >= 0.6 is 7.82 Å². The molecule has 3 rings (SSSR count). The quantitative estimate of drug-likeness (QED) is 0.00889. The van der Waals surface area contributed by atoms with E-state index < -0.39 is 162 Å². The number of phosphoric ester groups is 1. The molecule has 3 fully saturated rings. The summed E-state index contributed by atoms with van der Waals surface area (Å²) in [6.45, 7) is 5.62. The van der Waals surface area contributed by atoms with Crippen LogP contribution in [0, 0.1) is 0 Å². The molecule has 0 aromatic heterocycles. The van der Waals surface area contributed by atoms with Crippen molar-refractivity contribution in [3.05, 3.63) is 12.2 Å². The summed E-state index contributed by atoms with van der Waals surface area (Å²) < 4.78 is 73.5. The Bertz CT molecular complexity index is 2500. The van der Waals surface area contributed by atoms with Gasteiger partial charge in [-0.1, -0.05) is 354 Å². The van der Waals surface area contributed by atoms with Gasteiger partial charge in [0.25, 0.3) is 0 Å². The van der Waals surface area contributed by atoms with Crippen LogP contribution in [0.5, 0.6) is 0 Å². The highest BCUT2D eigenvalue weighted by molar-refractivity contribution is 7.47. The minimum absolute atomic E-state index is 0.0179. The van der Waals surface area contributed by atoms with Crippen molar-refractivity contribution >= 4 is 31.7 Å². The average Bonchev–Trinajstić information content (AvgIpc) is 0.754. The standard InChI is InChI=1S/C92H171O25P/c1-5-9-13-17-21-25-29-33-36-39-43-46-50-54-58-62-66-77(96)111-72(69-108-75(94)64-60-56-52-48-45-41-37-34-30-26-22-18-14-10-6-2)70-110-118(106,107)117-90-88(115-91-85(104)81(100)79(98)73(68-93)112-91)84(103)83(102)87(114-78(97)67-63-59-55-51-47-42-38-35-31-27-23-19-15-11-7-3)89(90)116-92-86(105)82(101)80(99)74(113-92)71-109-76(95)65-61-57-53-49-44-40-32-28-24-20-16-12-8-4/h27,31,72-74,79-93,98-105H,5-26,28-30,32-71H2,1-4H3,(H,106,107)/b31-27-. The van der Waals surface area contributed by atoms with Gasteiger partial charge in [-0.2, -0.15) is 0 Å². The summed E-state index contributed by atoms with van der Waals surface area (Å²) in [4.78, 5) is 66.5. The van der Waals surface area contributed by atoms with Crippen LogP contribution in [0.3, 0.4) is 0 Å². The smallest absolute Gasteiger partial charge is 0.463 e. The third kappa shape index (κ3) is 51.0. The van der Waals surface area contributed by atoms with Crippen LogP contribution in [0.25, 0.3) is 0 Å². The summed E-state index contributed by atoms with van der Waals surface area (Å²) in [6, 6.07) is 0. The molecular weight excluding hydrogens is 1540 g/mol. The number of allylic oxidation sites excluding steroid dienone is 2. The zero-order chi connectivity index (χ0) is 86.1. The third-order valence-electron chi connectivity index (χ3n) is 23.5. The van der Waals surface area contributed by atoms with Crippen molar-refractivity contribution in [3.63, 3.8) is 0 Å². The zero-order valence-corrected chi connectivity index (χ0v) is 74.9. The van der Waals surface area contributed by atoms with Gasteiger partial charge in [0.1, 0.15) is 92.6 Å². The number of hydrogen-bond acceptors (Lipinski definition) is 24. The van der Waals surface area contributed by atoms with E-state index in [1.54, 1.807) is 0 Å². The van der Waals surface area contributed by atoms with E-state index in [0.717, 1.165) is 141 Å². The topological polar surface area (TPSA) is 380 Å². The van der Waals surface area contributed by atoms with Crippen LogP contribution in [0.15, 0.2) is 12.2 Å². The lowest BCUT2D eigenvalue weighted by Crippen LogP contribution is -2.70. The van der Waals surface area contributed by atoms with E-state index in [1.165, 1.54) is 193 Å². The number of aliphatic hydroxyl groups excluding tert-OH is 9. The summed E-state index contributed by atoms with van der Waals surface area (Å²) in [5, 5.41) is 102. The van der Waals surface area contributed by atoms with Gasteiger partial charge in [-0.25, -0.2) is 4.57 Å². The minimum Gasteiger partial charge on any atom is -0.463 e. The van der Waals surface area contributed by atoms with Gasteiger partial charge >= 0.3 is 31.7 Å². The predicted octanol–water partition coefficient (Wildman–Crippen LogP) is 17.9. The molecular formula is C92H171O25P. The number of carbonyl (C=O) groups excluding carboxylic acids is 4. The molecule has 18 unspecified atom stereocenters. The number of aliphatic hydroxyl groups is 9. The van der Waals surface area contributed by atoms with Gasteiger partial charge in [-0.3, -0.25) is 28.2 Å². The van der Waals surface area contributed by atoms with Crippen molar-refractivity contribution in [3.8, 4) is 0 Å². The highest BCUT2D eigenvalue weighted by Gasteiger charge is 2.60. The fraction of sp³-hybridized carbons (Fsp3) is 0.935. The van der Waals surface area contributed by atoms with E-state index in [4.69, 9.17) is 46.9 Å². The SMILES string of the molecule is CCCCCC/C=C\CCCCCCCCCC(=O)OC1C(O)C(O)C(OC2OC(CO)C(O)C(O)C2O)C(OP(=O)(O)OCC(COC(=O)CCCCCCCCCCCCCCCCC)OC(=O)CCCCCCCCCCCCCCCCCC)C1OC1OC(COC(=O)CCCCCCCCCCCCCCC)C(O)C(O)C1O. The van der Waals surface area contributed by atoms with Crippen molar-refractivity contribution in [2.24, 2.45) is 0 Å². The molecule has 25 nitrogen and oxygen atoms in total. The molecule has 0 spiro atoms. The summed E-state index contributed by atoms with van der Waals surface area (Å²) >= 11 is 0. The monoisotopic (exact) mass is 1710 g/mol. The first kappa shape index (κ1) is 109. The first-order valence-electron chi connectivity index (χ1n) is 47.9. The lowest BCUT2D eigenvalue weighted by atomic mass is 9.84. The van der Waals surface area contributed by atoms with E-state index in [9.17, 15) is 74.6 Å². The molecule has 0 amide bonds. The van der Waals surface area contributed by atoms with Gasteiger partial charge in [-0.15, -0.1) is 0 Å². The van der Waals surface area contributed by atoms with E-state index in [2.05, 4.69) is 39.8 Å². The average molecular weight is 1710 g/mol. The van der Waals surface area contributed by atoms with Crippen LogP contribution < -0.4 is 0 Å². The number of hydrogen-bond donors (Lipinski definition) is 10. The molecule has 1 aliphatic carbocycles. The number of rotatable bonds is 78. The Kier molecular flexibility index (Phi) is 66.2. The van der Waals surface area contributed by atoms with E-state index in [-0.39, 0.29) is 25.7 Å². The minimum atomic E-state index is -5.81. The van der Waals surface area contributed by atoms with Crippen molar-refractivity contribution < 1.29 is 122 Å². The lowest BCUT2D eigenvalue weighted by Gasteiger charge is -2.50. The highest BCUT2D eigenvalue weighted by Crippen LogP contribution is 2.49. The Morgan fingerprint density at radius 2 is 0.636 bits per heavy atom. The van der Waals surface area contributed by atoms with E-state index in [1.807, 2.05) is 0 Å². The Morgan fingerprint density at radius 1 is 0.331 bits per heavy atom. The van der Waals surface area contributed by atoms with Gasteiger partial charge in [0.2, 0.25) is 0 Å². The van der Waals surface area contributed by atoms with Gasteiger partial charge in [0.05, 0.1) is 13.2 Å². The van der Waals surface area contributed by atoms with Gasteiger partial charge in [0, 0.05) is 25.7 Å². The second kappa shape index (κ2) is 71.4. The van der Waals surface area contributed by atoms with Crippen LogP contribution in [-0.4, -0.2) is 205 Å². The van der Waals surface area contributed by atoms with Crippen LogP contribution in [0.1, 0.15) is 419 Å². The third-order valence-corrected chi connectivity index (χ3v) is 24.5. The van der Waals surface area contributed by atoms with E-state index in [0.29, 0.717) is 32.1 Å². The fourth-order valence-electron chi connectivity index (χ4n) is 15.9. The Morgan fingerprint density at radius 3 is 1.02 bits per heavy atom. The number of ether oxygens (including phenoxy) is 8. The van der Waals surface area contributed by atoms with Gasteiger partial charge < -0.3 is 88.7 Å². The van der Waals surface area contributed by atoms with Gasteiger partial charge in [-0.05, 0) is 51.4 Å². The number of esters is 4. The molecule has 694 valence electrons. The van der Waals surface area contributed by atoms with E-state index >= 15 is 0 Å². The van der Waals surface area contributed by atoms with Gasteiger partial charge in [0.15, 0.2) is 24.8 Å². The molecule has 10 N–H and O–H groups in total. The molecule has 3 aliphatic rings. The second-order valence-corrected chi connectivity index (χ2v) is 35.6. The Labute approximate surface area is 712 Å². The van der Waals surface area contributed by atoms with Crippen LogP contribution in [0.4, 0.5) is 0 Å². The zero-order valence-electron chi connectivity index (χ0n) is 74.0. The summed E-state index contributed by atoms with van der Waals surface area (Å²) in [5.41, 5.74) is 0. The molecule has 0 aromatic rings. The second-order valence-electron chi connectivity index (χ2n) is 34.2. The Balaban J connectivity index is 1.91. The highest BCUT2D eigenvalue weighted by atomic mass is 31.2. The van der Waals surface area contributed by atoms with Crippen molar-refractivity contribution in [2.45, 2.75) is 524 Å². The normalized spacial score (nSPS) is 24.9. The lowest BCUT2D eigenvalue weighted by molar-refractivity contribution is -0.360. The molecule has 2 heterocycles. The molecule has 18 atom stereocenters. The maximum Gasteiger partial charge on any atom is 0.472 e. The molecule has 26 heteroatoms. The number of phosphoric acid groups is 1. The molecule has 2 saturated heterocycles. The first-order valence-corrected chi connectivity index (χ1v) is 49.4. The molecule has 1 saturated carbocycles. The number of unbranched alkanes of at least 4 members (excludes halogenated alkanes) is 52. The predicted molar refractivity (Wildman–Crippen MR) is 458 cm³/mol. The fourth-order valence-corrected chi connectivity index (χ4v) is 16.9. The number of carbonyl (C=O) groups is 4. The van der Waals surface area contributed by atoms with Crippen LogP contribution in [0.2, 0.25) is 0 Å². The summed E-state index contributed by atoms with van der Waals surface area (Å²) in [7, 11) is -5.81. The molecule has 2 aliphatic heterocycles. The largest absolute Gasteiger partial charge is 0.472 e. The summed E-state index contributed by atoms with van der Waals surface area (Å²) in [5.74, 6) is -2.95. The molecule has 0 bridgehead atoms. The van der Waals surface area contributed by atoms with Crippen LogP contribution in [-0.2, 0) is 70.7 Å². The molecule has 118 heavy (non-hydrogen) atoms. The van der Waals surface area contributed by atoms with Crippen molar-refractivity contribution in [1.29, 1.82) is 0 Å². The molecule has 0 radical (unpaired) electrons. The Hall–Kier alpha value is -2.79. The maximum absolute atomic E-state index is 14.9. The first-order chi connectivity index (χ1) is 57.2.